The normalized spacial score (nSPS) is 20.7. The van der Waals surface area contributed by atoms with Crippen molar-refractivity contribution in [2.24, 2.45) is 0 Å². The first kappa shape index (κ1) is 24.7. The number of carbonyl (C=O) groups is 3. The fourth-order valence-corrected chi connectivity index (χ4v) is 5.00. The van der Waals surface area contributed by atoms with Gasteiger partial charge in [0.25, 0.3) is 0 Å². The number of hydrazine groups is 1. The number of likely N-dealkylation sites (N-methyl/N-ethyl adjacent to an activating group) is 1. The number of piperazine rings is 1. The van der Waals surface area contributed by atoms with E-state index < -0.39 is 12.2 Å². The highest BCUT2D eigenvalue weighted by molar-refractivity contribution is 5.91. The minimum atomic E-state index is -0.640. The predicted octanol–water partition coefficient (Wildman–Crippen LogP) is 2.80. The summed E-state index contributed by atoms with van der Waals surface area (Å²) in [7, 11) is 0. The SMILES string of the molecule is C=CCN1CC(=O)N2C(Cc3ccc(C)cc3)C(=O)N(CC)CC2N1C(=O)CCc1ccccc1. The van der Waals surface area contributed by atoms with Crippen LogP contribution in [0.15, 0.2) is 67.3 Å². The number of aryl methyl sites for hydroxylation is 2. The third kappa shape index (κ3) is 5.30. The van der Waals surface area contributed by atoms with E-state index in [4.69, 9.17) is 0 Å². The van der Waals surface area contributed by atoms with E-state index in [0.717, 1.165) is 16.7 Å². The van der Waals surface area contributed by atoms with Crippen LogP contribution in [0.2, 0.25) is 0 Å². The van der Waals surface area contributed by atoms with E-state index in [1.165, 1.54) is 0 Å². The molecular weight excluding hydrogens is 440 g/mol. The number of nitrogens with zero attached hydrogens (tertiary/aromatic N) is 4. The molecule has 0 saturated carbocycles. The smallest absolute Gasteiger partial charge is 0.245 e. The van der Waals surface area contributed by atoms with Crippen LogP contribution in [0.3, 0.4) is 0 Å². The number of benzene rings is 2. The standard InChI is InChI=1S/C28H34N4O3/c1-4-17-30-20-27(34)31-24(18-23-13-11-21(3)12-14-23)28(35)29(5-2)19-25(31)32(30)26(33)16-15-22-9-7-6-8-10-22/h4,6-14,24-25H,1,5,15-20H2,2-3H3. The lowest BCUT2D eigenvalue weighted by molar-refractivity contribution is -0.204. The third-order valence-corrected chi connectivity index (χ3v) is 6.83. The van der Waals surface area contributed by atoms with Crippen LogP contribution in [0.25, 0.3) is 0 Å². The molecule has 0 N–H and O–H groups in total. The third-order valence-electron chi connectivity index (χ3n) is 6.83. The largest absolute Gasteiger partial charge is 0.337 e. The summed E-state index contributed by atoms with van der Waals surface area (Å²) in [5.41, 5.74) is 3.22. The summed E-state index contributed by atoms with van der Waals surface area (Å²) < 4.78 is 0. The first-order chi connectivity index (χ1) is 16.9. The monoisotopic (exact) mass is 474 g/mol. The van der Waals surface area contributed by atoms with E-state index >= 15 is 0 Å². The van der Waals surface area contributed by atoms with Crippen molar-refractivity contribution < 1.29 is 14.4 Å². The number of hydrogen-bond donors (Lipinski definition) is 0. The van der Waals surface area contributed by atoms with Gasteiger partial charge in [-0.2, -0.15) is 0 Å². The Bertz CT molecular complexity index is 1070. The lowest BCUT2D eigenvalue weighted by atomic mass is 9.98. The molecule has 2 atom stereocenters. The van der Waals surface area contributed by atoms with Crippen molar-refractivity contribution in [3.05, 3.63) is 83.9 Å². The Morgan fingerprint density at radius 2 is 1.77 bits per heavy atom. The molecule has 35 heavy (non-hydrogen) atoms. The average Bonchev–Trinajstić information content (AvgIpc) is 2.86. The van der Waals surface area contributed by atoms with Gasteiger partial charge in [-0.05, 0) is 31.4 Å². The summed E-state index contributed by atoms with van der Waals surface area (Å²) in [4.78, 5) is 43.9. The number of carbonyl (C=O) groups excluding carboxylic acids is 3. The van der Waals surface area contributed by atoms with Gasteiger partial charge >= 0.3 is 0 Å². The van der Waals surface area contributed by atoms with Gasteiger partial charge in [0.15, 0.2) is 0 Å². The molecule has 3 amide bonds. The fraction of sp³-hybridized carbons (Fsp3) is 0.393. The topological polar surface area (TPSA) is 64.2 Å². The van der Waals surface area contributed by atoms with Crippen LogP contribution in [0.1, 0.15) is 30.0 Å². The Balaban J connectivity index is 1.64. The lowest BCUT2D eigenvalue weighted by Crippen LogP contribution is -2.76. The summed E-state index contributed by atoms with van der Waals surface area (Å²) in [5.74, 6) is -0.255. The van der Waals surface area contributed by atoms with Crippen molar-refractivity contribution >= 4 is 17.7 Å². The second-order valence-electron chi connectivity index (χ2n) is 9.22. The van der Waals surface area contributed by atoms with Crippen molar-refractivity contribution in [2.75, 3.05) is 26.2 Å². The van der Waals surface area contributed by atoms with Crippen LogP contribution < -0.4 is 0 Å². The van der Waals surface area contributed by atoms with E-state index in [2.05, 4.69) is 6.58 Å². The molecule has 0 spiro atoms. The molecular formula is C28H34N4O3. The fourth-order valence-electron chi connectivity index (χ4n) is 5.00. The van der Waals surface area contributed by atoms with Gasteiger partial charge in [0.05, 0.1) is 13.1 Å². The molecule has 0 bridgehead atoms. The lowest BCUT2D eigenvalue weighted by Gasteiger charge is -2.55. The molecule has 2 aromatic carbocycles. The molecule has 0 aromatic heterocycles. The van der Waals surface area contributed by atoms with Gasteiger partial charge in [0.2, 0.25) is 17.7 Å². The van der Waals surface area contributed by atoms with Gasteiger partial charge in [0, 0.05) is 25.9 Å². The molecule has 4 rings (SSSR count). The summed E-state index contributed by atoms with van der Waals surface area (Å²) in [5, 5.41) is 3.49. The first-order valence-corrected chi connectivity index (χ1v) is 12.3. The molecule has 2 fully saturated rings. The number of rotatable bonds is 8. The van der Waals surface area contributed by atoms with E-state index in [-0.39, 0.29) is 24.3 Å². The quantitative estimate of drug-likeness (QED) is 0.552. The molecule has 0 radical (unpaired) electrons. The Labute approximate surface area is 207 Å². The van der Waals surface area contributed by atoms with Crippen LogP contribution in [0.5, 0.6) is 0 Å². The second kappa shape index (κ2) is 10.9. The zero-order chi connectivity index (χ0) is 24.9. The minimum Gasteiger partial charge on any atom is -0.337 e. The van der Waals surface area contributed by atoms with Crippen LogP contribution >= 0.6 is 0 Å². The first-order valence-electron chi connectivity index (χ1n) is 12.3. The summed E-state index contributed by atoms with van der Waals surface area (Å²) in [6.45, 7) is 9.03. The highest BCUT2D eigenvalue weighted by Crippen LogP contribution is 2.29. The Morgan fingerprint density at radius 1 is 1.06 bits per heavy atom. The van der Waals surface area contributed by atoms with E-state index in [1.54, 1.807) is 25.9 Å². The molecule has 7 nitrogen and oxygen atoms in total. The van der Waals surface area contributed by atoms with Crippen molar-refractivity contribution in [3.63, 3.8) is 0 Å². The maximum atomic E-state index is 13.6. The molecule has 2 aliphatic rings. The van der Waals surface area contributed by atoms with Gasteiger partial charge in [0.1, 0.15) is 12.2 Å². The Morgan fingerprint density at radius 3 is 2.43 bits per heavy atom. The van der Waals surface area contributed by atoms with Gasteiger partial charge in [-0.15, -0.1) is 6.58 Å². The van der Waals surface area contributed by atoms with Crippen molar-refractivity contribution in [2.45, 2.75) is 45.3 Å². The van der Waals surface area contributed by atoms with Crippen LogP contribution in [0.4, 0.5) is 0 Å². The van der Waals surface area contributed by atoms with Crippen LogP contribution in [-0.4, -0.2) is 75.9 Å². The van der Waals surface area contributed by atoms with Crippen LogP contribution in [0, 0.1) is 6.92 Å². The number of fused-ring (bicyclic) bond motifs is 1. The van der Waals surface area contributed by atoms with Gasteiger partial charge in [-0.1, -0.05) is 66.2 Å². The van der Waals surface area contributed by atoms with Gasteiger partial charge in [-0.3, -0.25) is 14.4 Å². The van der Waals surface area contributed by atoms with E-state index in [1.807, 2.05) is 68.4 Å². The van der Waals surface area contributed by atoms with Gasteiger partial charge in [-0.25, -0.2) is 10.0 Å². The van der Waals surface area contributed by atoms with Crippen molar-refractivity contribution in [3.8, 4) is 0 Å². The molecule has 2 unspecified atom stereocenters. The molecule has 7 heteroatoms. The minimum absolute atomic E-state index is 0.0450. The van der Waals surface area contributed by atoms with Crippen LogP contribution in [-0.2, 0) is 27.2 Å². The highest BCUT2D eigenvalue weighted by atomic mass is 16.2. The highest BCUT2D eigenvalue weighted by Gasteiger charge is 2.50. The Kier molecular flexibility index (Phi) is 7.66. The maximum Gasteiger partial charge on any atom is 0.245 e. The maximum absolute atomic E-state index is 13.6. The molecule has 2 heterocycles. The zero-order valence-corrected chi connectivity index (χ0v) is 20.6. The van der Waals surface area contributed by atoms with Crippen molar-refractivity contribution in [1.82, 2.24) is 19.8 Å². The summed E-state index contributed by atoms with van der Waals surface area (Å²) >= 11 is 0. The van der Waals surface area contributed by atoms with E-state index in [0.29, 0.717) is 38.9 Å². The molecule has 2 aromatic rings. The zero-order valence-electron chi connectivity index (χ0n) is 20.6. The number of hydrogen-bond acceptors (Lipinski definition) is 4. The molecule has 2 aliphatic heterocycles. The number of amides is 3. The Hall–Kier alpha value is -3.45. The predicted molar refractivity (Wildman–Crippen MR) is 135 cm³/mol. The summed E-state index contributed by atoms with van der Waals surface area (Å²) in [6, 6.07) is 17.3. The van der Waals surface area contributed by atoms with Crippen molar-refractivity contribution in [1.29, 1.82) is 0 Å². The molecule has 184 valence electrons. The van der Waals surface area contributed by atoms with E-state index in [9.17, 15) is 14.4 Å². The summed E-state index contributed by atoms with van der Waals surface area (Å²) in [6.07, 6.45) is 2.52. The molecule has 2 saturated heterocycles. The average molecular weight is 475 g/mol. The van der Waals surface area contributed by atoms with Gasteiger partial charge < -0.3 is 9.80 Å². The second-order valence-corrected chi connectivity index (χ2v) is 9.22. The molecule has 0 aliphatic carbocycles.